The Kier molecular flexibility index (Phi) is 3.79. The van der Waals surface area contributed by atoms with E-state index >= 15 is 0 Å². The van der Waals surface area contributed by atoms with Gasteiger partial charge in [-0.25, -0.2) is 0 Å². The molecule has 1 heterocycles. The molecule has 0 radical (unpaired) electrons. The van der Waals surface area contributed by atoms with Crippen molar-refractivity contribution in [2.45, 2.75) is 18.9 Å². The number of rotatable bonds is 3. The summed E-state index contributed by atoms with van der Waals surface area (Å²) in [5.41, 5.74) is 9.21. The van der Waals surface area contributed by atoms with Crippen LogP contribution in [0.1, 0.15) is 18.2 Å². The second kappa shape index (κ2) is 5.58. The van der Waals surface area contributed by atoms with E-state index in [0.717, 1.165) is 26.6 Å². The lowest BCUT2D eigenvalue weighted by atomic mass is 9.88. The molecule has 21 heavy (non-hydrogen) atoms. The topological polar surface area (TPSA) is 38.9 Å². The zero-order valence-electron chi connectivity index (χ0n) is 11.9. The second-order valence-electron chi connectivity index (χ2n) is 5.60. The van der Waals surface area contributed by atoms with Gasteiger partial charge in [-0.15, -0.1) is 0 Å². The van der Waals surface area contributed by atoms with Crippen LogP contribution in [0.15, 0.2) is 65.1 Å². The lowest BCUT2D eigenvalue weighted by molar-refractivity contribution is 0.485. The van der Waals surface area contributed by atoms with Crippen LogP contribution in [0.5, 0.6) is 0 Å². The van der Waals surface area contributed by atoms with Gasteiger partial charge in [0.2, 0.25) is 0 Å². The molecule has 2 N–H and O–H groups in total. The van der Waals surface area contributed by atoms with Crippen LogP contribution < -0.4 is 5.73 Å². The van der Waals surface area contributed by atoms with Crippen LogP contribution >= 0.6 is 15.9 Å². The molecule has 3 aromatic rings. The van der Waals surface area contributed by atoms with Crippen LogP contribution in [0.2, 0.25) is 0 Å². The quantitative estimate of drug-likeness (QED) is 0.766. The minimum atomic E-state index is -0.445. The van der Waals surface area contributed by atoms with Crippen molar-refractivity contribution >= 4 is 26.8 Å². The van der Waals surface area contributed by atoms with Gasteiger partial charge < -0.3 is 5.73 Å². The minimum absolute atomic E-state index is 0.445. The number of nitrogens with two attached hydrogens (primary N) is 1. The Balaban J connectivity index is 1.93. The van der Waals surface area contributed by atoms with Gasteiger partial charge in [-0.2, -0.15) is 0 Å². The SMILES string of the molecule is CC(N)(Cc1ccc2ccccc2n1)c1cccc(Br)c1. The van der Waals surface area contributed by atoms with E-state index in [4.69, 9.17) is 10.7 Å². The van der Waals surface area contributed by atoms with Crippen molar-refractivity contribution in [3.63, 3.8) is 0 Å². The van der Waals surface area contributed by atoms with Crippen molar-refractivity contribution in [1.29, 1.82) is 0 Å². The summed E-state index contributed by atoms with van der Waals surface area (Å²) in [4.78, 5) is 4.72. The zero-order valence-corrected chi connectivity index (χ0v) is 13.5. The number of para-hydroxylation sites is 1. The molecule has 3 heteroatoms. The van der Waals surface area contributed by atoms with E-state index in [9.17, 15) is 0 Å². The molecule has 3 rings (SSSR count). The third-order valence-electron chi connectivity index (χ3n) is 3.69. The fourth-order valence-electron chi connectivity index (χ4n) is 2.53. The number of aromatic nitrogens is 1. The molecule has 0 saturated carbocycles. The molecule has 1 aromatic heterocycles. The number of nitrogens with zero attached hydrogens (tertiary/aromatic N) is 1. The highest BCUT2D eigenvalue weighted by molar-refractivity contribution is 9.10. The fourth-order valence-corrected chi connectivity index (χ4v) is 2.93. The van der Waals surface area contributed by atoms with Crippen LogP contribution in [-0.4, -0.2) is 4.98 Å². The fraction of sp³-hybridized carbons (Fsp3) is 0.167. The smallest absolute Gasteiger partial charge is 0.0705 e. The van der Waals surface area contributed by atoms with Crippen LogP contribution in [0, 0.1) is 0 Å². The summed E-state index contributed by atoms with van der Waals surface area (Å²) < 4.78 is 1.04. The normalized spacial score (nSPS) is 14.0. The predicted molar refractivity (Wildman–Crippen MR) is 91.1 cm³/mol. The Morgan fingerprint density at radius 3 is 2.67 bits per heavy atom. The highest BCUT2D eigenvalue weighted by Crippen LogP contribution is 2.25. The summed E-state index contributed by atoms with van der Waals surface area (Å²) in [7, 11) is 0. The first kappa shape index (κ1) is 14.2. The van der Waals surface area contributed by atoms with Crippen molar-refractivity contribution in [1.82, 2.24) is 4.98 Å². The third kappa shape index (κ3) is 3.14. The van der Waals surface area contributed by atoms with Gasteiger partial charge >= 0.3 is 0 Å². The molecule has 0 fully saturated rings. The summed E-state index contributed by atoms with van der Waals surface area (Å²) in [6.07, 6.45) is 0.703. The standard InChI is InChI=1S/C18H17BrN2/c1-18(20,14-6-4-7-15(19)11-14)12-16-10-9-13-5-2-3-8-17(13)21-16/h2-11H,12,20H2,1H3. The maximum Gasteiger partial charge on any atom is 0.0705 e. The first-order chi connectivity index (χ1) is 10.0. The maximum absolute atomic E-state index is 6.52. The van der Waals surface area contributed by atoms with Gasteiger partial charge in [0, 0.05) is 27.5 Å². The Hall–Kier alpha value is -1.71. The highest BCUT2D eigenvalue weighted by Gasteiger charge is 2.22. The molecule has 0 saturated heterocycles. The Morgan fingerprint density at radius 2 is 1.86 bits per heavy atom. The molecular formula is C18H17BrN2. The Morgan fingerprint density at radius 1 is 1.05 bits per heavy atom. The van der Waals surface area contributed by atoms with Crippen LogP contribution in [-0.2, 0) is 12.0 Å². The van der Waals surface area contributed by atoms with E-state index in [1.54, 1.807) is 0 Å². The van der Waals surface area contributed by atoms with E-state index in [1.807, 2.05) is 37.3 Å². The lowest BCUT2D eigenvalue weighted by Gasteiger charge is -2.25. The minimum Gasteiger partial charge on any atom is -0.321 e. The molecular weight excluding hydrogens is 324 g/mol. The van der Waals surface area contributed by atoms with Crippen molar-refractivity contribution in [2.24, 2.45) is 5.73 Å². The van der Waals surface area contributed by atoms with Gasteiger partial charge in [-0.1, -0.05) is 52.3 Å². The Labute approximate surface area is 133 Å². The molecule has 0 amide bonds. The van der Waals surface area contributed by atoms with E-state index in [2.05, 4.69) is 46.3 Å². The summed E-state index contributed by atoms with van der Waals surface area (Å²) >= 11 is 3.50. The van der Waals surface area contributed by atoms with Gasteiger partial charge in [0.05, 0.1) is 5.52 Å². The summed E-state index contributed by atoms with van der Waals surface area (Å²) in [5.74, 6) is 0. The zero-order chi connectivity index (χ0) is 14.9. The van der Waals surface area contributed by atoms with Crippen molar-refractivity contribution in [2.75, 3.05) is 0 Å². The number of halogens is 1. The second-order valence-corrected chi connectivity index (χ2v) is 6.52. The van der Waals surface area contributed by atoms with Crippen molar-refractivity contribution in [3.05, 3.63) is 76.4 Å². The Bertz CT molecular complexity index is 781. The van der Waals surface area contributed by atoms with E-state index < -0.39 is 5.54 Å². The monoisotopic (exact) mass is 340 g/mol. The van der Waals surface area contributed by atoms with Gasteiger partial charge in [-0.05, 0) is 36.8 Å². The van der Waals surface area contributed by atoms with Crippen molar-refractivity contribution in [3.8, 4) is 0 Å². The molecule has 0 bridgehead atoms. The predicted octanol–water partition coefficient (Wildman–Crippen LogP) is 4.41. The molecule has 2 nitrogen and oxygen atoms in total. The van der Waals surface area contributed by atoms with Gasteiger partial charge in [-0.3, -0.25) is 4.98 Å². The average Bonchev–Trinajstić information content (AvgIpc) is 2.47. The maximum atomic E-state index is 6.52. The molecule has 0 spiro atoms. The van der Waals surface area contributed by atoms with Gasteiger partial charge in [0.1, 0.15) is 0 Å². The number of fused-ring (bicyclic) bond motifs is 1. The lowest BCUT2D eigenvalue weighted by Crippen LogP contribution is -2.35. The van der Waals surface area contributed by atoms with Crippen LogP contribution in [0.3, 0.4) is 0 Å². The van der Waals surface area contributed by atoms with Crippen LogP contribution in [0.4, 0.5) is 0 Å². The first-order valence-electron chi connectivity index (χ1n) is 6.94. The molecule has 106 valence electrons. The number of hydrogen-bond donors (Lipinski definition) is 1. The molecule has 2 aromatic carbocycles. The summed E-state index contributed by atoms with van der Waals surface area (Å²) in [6, 6.07) is 20.5. The van der Waals surface area contributed by atoms with E-state index in [-0.39, 0.29) is 0 Å². The average molecular weight is 341 g/mol. The number of pyridine rings is 1. The van der Waals surface area contributed by atoms with Gasteiger partial charge in [0.25, 0.3) is 0 Å². The van der Waals surface area contributed by atoms with Gasteiger partial charge in [0.15, 0.2) is 0 Å². The number of benzene rings is 2. The number of hydrogen-bond acceptors (Lipinski definition) is 2. The van der Waals surface area contributed by atoms with E-state index in [0.29, 0.717) is 6.42 Å². The first-order valence-corrected chi connectivity index (χ1v) is 7.73. The van der Waals surface area contributed by atoms with Crippen LogP contribution in [0.25, 0.3) is 10.9 Å². The third-order valence-corrected chi connectivity index (χ3v) is 4.18. The molecule has 0 aliphatic rings. The van der Waals surface area contributed by atoms with Crippen molar-refractivity contribution < 1.29 is 0 Å². The molecule has 1 unspecified atom stereocenters. The summed E-state index contributed by atoms with van der Waals surface area (Å²) in [6.45, 7) is 2.05. The highest BCUT2D eigenvalue weighted by atomic mass is 79.9. The molecule has 1 atom stereocenters. The largest absolute Gasteiger partial charge is 0.321 e. The van der Waals surface area contributed by atoms with E-state index in [1.165, 1.54) is 0 Å². The molecule has 0 aliphatic heterocycles. The molecule has 0 aliphatic carbocycles. The summed E-state index contributed by atoms with van der Waals surface area (Å²) in [5, 5.41) is 1.16.